The van der Waals surface area contributed by atoms with E-state index in [1.165, 1.54) is 20.5 Å². The lowest BCUT2D eigenvalue weighted by Gasteiger charge is -2.21. The van der Waals surface area contributed by atoms with Crippen molar-refractivity contribution in [1.82, 2.24) is 9.29 Å². The molecule has 0 aliphatic rings. The molecule has 23 heavy (non-hydrogen) atoms. The van der Waals surface area contributed by atoms with Crippen molar-refractivity contribution in [3.05, 3.63) is 70.0 Å². The molecule has 0 fully saturated rings. The van der Waals surface area contributed by atoms with Crippen LogP contribution in [-0.2, 0) is 23.0 Å². The molecule has 0 N–H and O–H groups in total. The summed E-state index contributed by atoms with van der Waals surface area (Å²) in [5.41, 5.74) is 0.888. The van der Waals surface area contributed by atoms with E-state index >= 15 is 0 Å². The van der Waals surface area contributed by atoms with E-state index in [0.29, 0.717) is 23.7 Å². The zero-order valence-electron chi connectivity index (χ0n) is 12.3. The molecule has 3 aromatic rings. The molecular weight excluding hydrogens is 348 g/mol. The number of nitrogens with zero attached hydrogens (tertiary/aromatic N) is 2. The maximum absolute atomic E-state index is 12.9. The van der Waals surface area contributed by atoms with E-state index in [-0.39, 0.29) is 0 Å². The highest BCUT2D eigenvalue weighted by Gasteiger charge is 2.25. The van der Waals surface area contributed by atoms with Crippen LogP contribution in [0.3, 0.4) is 0 Å². The number of rotatable bonds is 7. The minimum Gasteiger partial charge on any atom is -0.264 e. The summed E-state index contributed by atoms with van der Waals surface area (Å²) < 4.78 is 27.7. The van der Waals surface area contributed by atoms with Crippen molar-refractivity contribution < 1.29 is 8.42 Å². The van der Waals surface area contributed by atoms with Gasteiger partial charge in [0.05, 0.1) is 0 Å². The maximum Gasteiger partial charge on any atom is 0.252 e. The topological polar surface area (TPSA) is 50.3 Å². The van der Waals surface area contributed by atoms with Gasteiger partial charge in [0.2, 0.25) is 0 Å². The van der Waals surface area contributed by atoms with Crippen molar-refractivity contribution in [2.75, 3.05) is 6.54 Å². The molecular formula is C16H16N2O2S3. The van der Waals surface area contributed by atoms with Crippen LogP contribution in [0.5, 0.6) is 0 Å². The fourth-order valence-electron chi connectivity index (χ4n) is 2.21. The molecule has 3 heterocycles. The van der Waals surface area contributed by atoms with E-state index in [0.717, 1.165) is 5.56 Å². The van der Waals surface area contributed by atoms with Crippen LogP contribution in [0.2, 0.25) is 0 Å². The molecule has 0 unspecified atom stereocenters. The SMILES string of the molecule is O=S(=O)(c1cccs1)N(CCc1cccs1)Cc1cccnc1. The van der Waals surface area contributed by atoms with Crippen LogP contribution >= 0.6 is 22.7 Å². The van der Waals surface area contributed by atoms with Crippen LogP contribution in [0.25, 0.3) is 0 Å². The van der Waals surface area contributed by atoms with Crippen molar-refractivity contribution in [2.45, 2.75) is 17.2 Å². The molecule has 120 valence electrons. The Labute approximate surface area is 144 Å². The second-order valence-electron chi connectivity index (χ2n) is 4.96. The van der Waals surface area contributed by atoms with E-state index in [1.54, 1.807) is 41.2 Å². The van der Waals surface area contributed by atoms with Crippen LogP contribution in [0.1, 0.15) is 10.4 Å². The van der Waals surface area contributed by atoms with Crippen LogP contribution in [-0.4, -0.2) is 24.3 Å². The Balaban J connectivity index is 1.83. The number of hydrogen-bond acceptors (Lipinski definition) is 5. The third-order valence-corrected chi connectivity index (χ3v) is 7.51. The summed E-state index contributed by atoms with van der Waals surface area (Å²) in [5, 5.41) is 3.79. The second-order valence-corrected chi connectivity index (χ2v) is 9.11. The van der Waals surface area contributed by atoms with Crippen molar-refractivity contribution in [3.8, 4) is 0 Å². The standard InChI is InChI=1S/C16H16N2O2S3/c19-23(20,16-6-3-11-22-16)18(9-7-15-5-2-10-21-15)13-14-4-1-8-17-12-14/h1-6,8,10-12H,7,9,13H2. The number of thiophene rings is 2. The van der Waals surface area contributed by atoms with Gasteiger partial charge in [-0.2, -0.15) is 4.31 Å². The van der Waals surface area contributed by atoms with Crippen LogP contribution < -0.4 is 0 Å². The first-order valence-electron chi connectivity index (χ1n) is 7.11. The lowest BCUT2D eigenvalue weighted by atomic mass is 10.3. The monoisotopic (exact) mass is 364 g/mol. The minimum absolute atomic E-state index is 0.333. The van der Waals surface area contributed by atoms with Gasteiger partial charge in [0.25, 0.3) is 10.0 Å². The Morgan fingerprint density at radius 1 is 1.04 bits per heavy atom. The zero-order valence-corrected chi connectivity index (χ0v) is 14.8. The molecule has 0 radical (unpaired) electrons. The van der Waals surface area contributed by atoms with Crippen molar-refractivity contribution in [1.29, 1.82) is 0 Å². The molecule has 0 saturated heterocycles. The van der Waals surface area contributed by atoms with Gasteiger partial charge in [0.1, 0.15) is 4.21 Å². The predicted octanol–water partition coefficient (Wildman–Crippen LogP) is 3.64. The zero-order chi connectivity index (χ0) is 16.1. The number of aromatic nitrogens is 1. The molecule has 0 bridgehead atoms. The summed E-state index contributed by atoms with van der Waals surface area (Å²) in [6, 6.07) is 11.2. The van der Waals surface area contributed by atoms with Gasteiger partial charge in [0, 0.05) is 30.4 Å². The third kappa shape index (κ3) is 4.06. The molecule has 0 aromatic carbocycles. The summed E-state index contributed by atoms with van der Waals surface area (Å²) in [4.78, 5) is 5.26. The fraction of sp³-hybridized carbons (Fsp3) is 0.188. The quantitative estimate of drug-likeness (QED) is 0.643. The Morgan fingerprint density at radius 3 is 2.52 bits per heavy atom. The lowest BCUT2D eigenvalue weighted by Crippen LogP contribution is -2.32. The van der Waals surface area contributed by atoms with E-state index < -0.39 is 10.0 Å². The van der Waals surface area contributed by atoms with Gasteiger partial charge in [-0.25, -0.2) is 8.42 Å². The summed E-state index contributed by atoms with van der Waals surface area (Å²) >= 11 is 2.90. The van der Waals surface area contributed by atoms with Gasteiger partial charge >= 0.3 is 0 Å². The molecule has 0 spiro atoms. The summed E-state index contributed by atoms with van der Waals surface area (Å²) in [7, 11) is -3.48. The third-order valence-electron chi connectivity index (χ3n) is 3.36. The predicted molar refractivity (Wildman–Crippen MR) is 94.2 cm³/mol. The summed E-state index contributed by atoms with van der Waals surface area (Å²) in [6.07, 6.45) is 4.11. The van der Waals surface area contributed by atoms with Gasteiger partial charge in [-0.05, 0) is 40.9 Å². The van der Waals surface area contributed by atoms with Gasteiger partial charge in [-0.3, -0.25) is 4.98 Å². The summed E-state index contributed by atoms with van der Waals surface area (Å²) in [5.74, 6) is 0. The molecule has 3 aromatic heterocycles. The fourth-order valence-corrected chi connectivity index (χ4v) is 5.48. The highest BCUT2D eigenvalue weighted by atomic mass is 32.2. The van der Waals surface area contributed by atoms with Crippen molar-refractivity contribution in [2.24, 2.45) is 0 Å². The highest BCUT2D eigenvalue weighted by molar-refractivity contribution is 7.91. The molecule has 0 aliphatic carbocycles. The van der Waals surface area contributed by atoms with Gasteiger partial charge in [0.15, 0.2) is 0 Å². The molecule has 7 heteroatoms. The lowest BCUT2D eigenvalue weighted by molar-refractivity contribution is 0.411. The van der Waals surface area contributed by atoms with Crippen LogP contribution in [0.15, 0.2) is 63.8 Å². The normalized spacial score (nSPS) is 11.9. The first-order valence-corrected chi connectivity index (χ1v) is 10.3. The molecule has 0 amide bonds. The maximum atomic E-state index is 12.9. The molecule has 0 saturated carbocycles. The molecule has 3 rings (SSSR count). The first kappa shape index (κ1) is 16.3. The van der Waals surface area contributed by atoms with E-state index in [4.69, 9.17) is 0 Å². The first-order chi connectivity index (χ1) is 11.2. The molecule has 4 nitrogen and oxygen atoms in total. The van der Waals surface area contributed by atoms with Crippen LogP contribution in [0.4, 0.5) is 0 Å². The Kier molecular flexibility index (Phi) is 5.22. The number of sulfonamides is 1. The van der Waals surface area contributed by atoms with Crippen LogP contribution in [0, 0.1) is 0 Å². The average Bonchev–Trinajstić information content (AvgIpc) is 3.25. The number of pyridine rings is 1. The Morgan fingerprint density at radius 2 is 1.87 bits per heavy atom. The average molecular weight is 365 g/mol. The Bertz CT molecular complexity index is 814. The second kappa shape index (κ2) is 7.35. The minimum atomic E-state index is -3.48. The van der Waals surface area contributed by atoms with E-state index in [1.807, 2.05) is 29.6 Å². The number of hydrogen-bond donors (Lipinski definition) is 0. The molecule has 0 aliphatic heterocycles. The molecule has 0 atom stereocenters. The highest BCUT2D eigenvalue weighted by Crippen LogP contribution is 2.23. The summed E-state index contributed by atoms with van der Waals surface area (Å²) in [6.45, 7) is 0.787. The van der Waals surface area contributed by atoms with Crippen molar-refractivity contribution in [3.63, 3.8) is 0 Å². The van der Waals surface area contributed by atoms with Gasteiger partial charge in [-0.15, -0.1) is 22.7 Å². The van der Waals surface area contributed by atoms with E-state index in [9.17, 15) is 8.42 Å². The smallest absolute Gasteiger partial charge is 0.252 e. The van der Waals surface area contributed by atoms with Gasteiger partial charge < -0.3 is 0 Å². The van der Waals surface area contributed by atoms with E-state index in [2.05, 4.69) is 4.98 Å². The largest absolute Gasteiger partial charge is 0.264 e. The Hall–Kier alpha value is -1.54. The van der Waals surface area contributed by atoms with Crippen molar-refractivity contribution >= 4 is 32.7 Å². The van der Waals surface area contributed by atoms with Gasteiger partial charge in [-0.1, -0.05) is 18.2 Å².